The second-order valence-electron chi connectivity index (χ2n) is 7.70. The molecule has 0 radical (unpaired) electrons. The molecule has 2 aromatic heterocycles. The van der Waals surface area contributed by atoms with Crippen molar-refractivity contribution < 1.29 is 9.84 Å². The highest BCUT2D eigenvalue weighted by atomic mass is 16.5. The Hall–Kier alpha value is -3.28. The molecule has 0 saturated carbocycles. The summed E-state index contributed by atoms with van der Waals surface area (Å²) in [5.74, 6) is 0.255. The lowest BCUT2D eigenvalue weighted by Crippen LogP contribution is -2.28. The van der Waals surface area contributed by atoms with Crippen LogP contribution in [0.15, 0.2) is 36.7 Å². The molecule has 162 valence electrons. The molecule has 3 rings (SSSR count). The number of ether oxygens (including phenoxy) is 1. The normalized spacial score (nSPS) is 12.0. The van der Waals surface area contributed by atoms with E-state index >= 15 is 0 Å². The molecule has 2 heterocycles. The van der Waals surface area contributed by atoms with Gasteiger partial charge in [-0.15, -0.1) is 0 Å². The second-order valence-corrected chi connectivity index (χ2v) is 7.70. The summed E-state index contributed by atoms with van der Waals surface area (Å²) in [7, 11) is 3.93. The zero-order chi connectivity index (χ0) is 22.2. The van der Waals surface area contributed by atoms with Gasteiger partial charge in [-0.1, -0.05) is 12.1 Å². The van der Waals surface area contributed by atoms with Gasteiger partial charge in [-0.05, 0) is 45.0 Å². The number of rotatable bonds is 10. The fourth-order valence-corrected chi connectivity index (χ4v) is 3.35. The summed E-state index contributed by atoms with van der Waals surface area (Å²) < 4.78 is 5.87. The Bertz CT molecular complexity index is 1060. The number of anilines is 1. The first-order valence-corrected chi connectivity index (χ1v) is 10.3. The van der Waals surface area contributed by atoms with E-state index in [9.17, 15) is 5.26 Å². The van der Waals surface area contributed by atoms with E-state index in [0.717, 1.165) is 22.2 Å². The largest absolute Gasteiger partial charge is 0.471 e. The molecule has 0 aliphatic rings. The third-order valence-electron chi connectivity index (χ3n) is 4.67. The molecule has 1 aromatic carbocycles. The van der Waals surface area contributed by atoms with Crippen LogP contribution in [0.4, 0.5) is 5.69 Å². The number of aromatic nitrogens is 3. The number of nitriles is 1. The van der Waals surface area contributed by atoms with Crippen molar-refractivity contribution in [2.45, 2.75) is 25.9 Å². The van der Waals surface area contributed by atoms with Crippen LogP contribution in [-0.2, 0) is 6.42 Å². The van der Waals surface area contributed by atoms with Crippen LogP contribution in [-0.4, -0.2) is 64.9 Å². The van der Waals surface area contributed by atoms with Gasteiger partial charge in [-0.25, -0.2) is 9.97 Å². The first kappa shape index (κ1) is 22.4. The molecular weight excluding hydrogens is 392 g/mol. The van der Waals surface area contributed by atoms with Gasteiger partial charge in [-0.2, -0.15) is 5.26 Å². The van der Waals surface area contributed by atoms with E-state index in [1.165, 1.54) is 0 Å². The number of aliphatic hydroxyl groups excluding tert-OH is 1. The van der Waals surface area contributed by atoms with Crippen molar-refractivity contribution in [1.29, 1.82) is 5.26 Å². The smallest absolute Gasteiger partial charge is 0.251 e. The molecule has 0 saturated heterocycles. The molecule has 0 unspecified atom stereocenters. The quantitative estimate of drug-likeness (QED) is 0.482. The highest BCUT2D eigenvalue weighted by Gasteiger charge is 2.14. The number of nitrogens with one attached hydrogen (secondary N) is 1. The molecule has 0 bridgehead atoms. The zero-order valence-corrected chi connectivity index (χ0v) is 18.2. The fourth-order valence-electron chi connectivity index (χ4n) is 3.35. The Morgan fingerprint density at radius 3 is 2.81 bits per heavy atom. The summed E-state index contributed by atoms with van der Waals surface area (Å²) in [4.78, 5) is 15.4. The fraction of sp³-hybridized carbons (Fsp3) is 0.391. The van der Waals surface area contributed by atoms with Crippen LogP contribution in [0, 0.1) is 11.3 Å². The predicted molar refractivity (Wildman–Crippen MR) is 120 cm³/mol. The Kier molecular flexibility index (Phi) is 7.70. The summed E-state index contributed by atoms with van der Waals surface area (Å²) in [6, 6.07) is 10.1. The van der Waals surface area contributed by atoms with Crippen molar-refractivity contribution in [3.05, 3.63) is 53.7 Å². The van der Waals surface area contributed by atoms with Crippen LogP contribution in [0.25, 0.3) is 10.8 Å². The second kappa shape index (κ2) is 10.7. The van der Waals surface area contributed by atoms with Gasteiger partial charge in [0.1, 0.15) is 12.2 Å². The number of fused-ring (bicyclic) bond motifs is 1. The van der Waals surface area contributed by atoms with Gasteiger partial charge in [0.2, 0.25) is 5.69 Å². The van der Waals surface area contributed by atoms with E-state index in [4.69, 9.17) is 9.84 Å². The maximum absolute atomic E-state index is 9.34. The average Bonchev–Trinajstić information content (AvgIpc) is 2.73. The molecular formula is C23H28N6O2. The van der Waals surface area contributed by atoms with Crippen molar-refractivity contribution in [1.82, 2.24) is 19.9 Å². The summed E-state index contributed by atoms with van der Waals surface area (Å²) in [5.41, 5.74) is 2.72. The number of benzene rings is 1. The summed E-state index contributed by atoms with van der Waals surface area (Å²) in [5, 5.41) is 23.7. The zero-order valence-electron chi connectivity index (χ0n) is 18.2. The van der Waals surface area contributed by atoms with E-state index < -0.39 is 0 Å². The van der Waals surface area contributed by atoms with Gasteiger partial charge in [0.05, 0.1) is 11.9 Å². The van der Waals surface area contributed by atoms with Crippen molar-refractivity contribution in [2.75, 3.05) is 39.1 Å². The molecule has 0 aliphatic carbocycles. The first-order valence-electron chi connectivity index (χ1n) is 10.3. The molecule has 1 atom stereocenters. The number of nitrogens with zero attached hydrogens (tertiary/aromatic N) is 5. The van der Waals surface area contributed by atoms with Gasteiger partial charge >= 0.3 is 0 Å². The SMILES string of the molecule is C[C@H](CN(C)C)Oc1nc(Cc2cc3cccc(NCCCO)c3cn2)cnc1C#N. The molecule has 0 spiro atoms. The Balaban J connectivity index is 1.80. The van der Waals surface area contributed by atoms with Crippen LogP contribution in [0.3, 0.4) is 0 Å². The molecule has 8 heteroatoms. The molecule has 0 fully saturated rings. The summed E-state index contributed by atoms with van der Waals surface area (Å²) in [6.07, 6.45) is 4.49. The third kappa shape index (κ3) is 6.10. The maximum Gasteiger partial charge on any atom is 0.251 e. The van der Waals surface area contributed by atoms with E-state index in [1.807, 2.05) is 62.5 Å². The molecule has 0 amide bonds. The van der Waals surface area contributed by atoms with Gasteiger partial charge < -0.3 is 20.1 Å². The summed E-state index contributed by atoms with van der Waals surface area (Å²) in [6.45, 7) is 3.50. The number of likely N-dealkylation sites (N-methyl/N-ethyl adjacent to an activating group) is 1. The van der Waals surface area contributed by atoms with Gasteiger partial charge in [0, 0.05) is 49.1 Å². The van der Waals surface area contributed by atoms with Gasteiger partial charge in [0.15, 0.2) is 0 Å². The third-order valence-corrected chi connectivity index (χ3v) is 4.67. The topological polar surface area (TPSA) is 107 Å². The lowest BCUT2D eigenvalue weighted by atomic mass is 10.1. The van der Waals surface area contributed by atoms with Crippen molar-refractivity contribution in [3.8, 4) is 11.9 Å². The van der Waals surface area contributed by atoms with E-state index in [-0.39, 0.29) is 24.3 Å². The number of pyridine rings is 1. The number of aliphatic hydroxyl groups is 1. The van der Waals surface area contributed by atoms with Crippen LogP contribution in [0.5, 0.6) is 5.88 Å². The van der Waals surface area contributed by atoms with E-state index in [2.05, 4.69) is 20.3 Å². The van der Waals surface area contributed by atoms with Crippen LogP contribution in [0.1, 0.15) is 30.4 Å². The van der Waals surface area contributed by atoms with Crippen molar-refractivity contribution in [3.63, 3.8) is 0 Å². The maximum atomic E-state index is 9.34. The van der Waals surface area contributed by atoms with Crippen LogP contribution < -0.4 is 10.1 Å². The molecule has 2 N–H and O–H groups in total. The predicted octanol–water partition coefficient (Wildman–Crippen LogP) is 2.61. The minimum atomic E-state index is -0.123. The average molecular weight is 421 g/mol. The van der Waals surface area contributed by atoms with E-state index in [1.54, 1.807) is 6.20 Å². The van der Waals surface area contributed by atoms with Gasteiger partial charge in [0.25, 0.3) is 5.88 Å². The molecule has 31 heavy (non-hydrogen) atoms. The minimum Gasteiger partial charge on any atom is -0.471 e. The van der Waals surface area contributed by atoms with Crippen LogP contribution in [0.2, 0.25) is 0 Å². The number of hydrogen-bond acceptors (Lipinski definition) is 8. The first-order chi connectivity index (χ1) is 15.0. The Labute approximate surface area is 182 Å². The van der Waals surface area contributed by atoms with Crippen molar-refractivity contribution >= 4 is 16.5 Å². The summed E-state index contributed by atoms with van der Waals surface area (Å²) >= 11 is 0. The number of hydrogen-bond donors (Lipinski definition) is 2. The Morgan fingerprint density at radius 1 is 1.23 bits per heavy atom. The molecule has 8 nitrogen and oxygen atoms in total. The Morgan fingerprint density at radius 2 is 2.06 bits per heavy atom. The van der Waals surface area contributed by atoms with Crippen molar-refractivity contribution in [2.24, 2.45) is 0 Å². The minimum absolute atomic E-state index is 0.123. The lowest BCUT2D eigenvalue weighted by molar-refractivity contribution is 0.169. The lowest BCUT2D eigenvalue weighted by Gasteiger charge is -2.18. The van der Waals surface area contributed by atoms with Crippen LogP contribution >= 0.6 is 0 Å². The highest BCUT2D eigenvalue weighted by Crippen LogP contribution is 2.24. The molecule has 3 aromatic rings. The van der Waals surface area contributed by atoms with Gasteiger partial charge in [-0.3, -0.25) is 4.98 Å². The highest BCUT2D eigenvalue weighted by molar-refractivity contribution is 5.93. The van der Waals surface area contributed by atoms with E-state index in [0.29, 0.717) is 31.6 Å². The monoisotopic (exact) mass is 420 g/mol. The standard InChI is InChI=1S/C23H28N6O2/c1-16(15-29(2)3)31-23-22(12-24)27-13-19(28-23)11-18-10-17-6-4-7-21(20(17)14-26-18)25-8-5-9-30/h4,6-7,10,13-14,16,25,30H,5,8-9,11,15H2,1-3H3/t16-/m1/s1. The molecule has 0 aliphatic heterocycles.